The fourth-order valence-electron chi connectivity index (χ4n) is 1.22. The van der Waals surface area contributed by atoms with Gasteiger partial charge in [-0.1, -0.05) is 0 Å². The van der Waals surface area contributed by atoms with Gasteiger partial charge in [0.25, 0.3) is 0 Å². The summed E-state index contributed by atoms with van der Waals surface area (Å²) in [5.41, 5.74) is 0. The van der Waals surface area contributed by atoms with Gasteiger partial charge in [-0.2, -0.15) is 13.2 Å². The zero-order valence-electron chi connectivity index (χ0n) is 7.74. The molecule has 6 nitrogen and oxygen atoms in total. The summed E-state index contributed by atoms with van der Waals surface area (Å²) in [5.74, 6) is -4.64. The fraction of sp³-hybridized carbons (Fsp3) is 0.571. The largest absolute Gasteiger partial charge is 0.480 e. The molecule has 1 saturated heterocycles. The Morgan fingerprint density at radius 3 is 2.44 bits per heavy atom. The van der Waals surface area contributed by atoms with Crippen LogP contribution in [0.4, 0.5) is 13.2 Å². The minimum atomic E-state index is -5.11. The van der Waals surface area contributed by atoms with E-state index in [4.69, 9.17) is 5.11 Å². The van der Waals surface area contributed by atoms with Gasteiger partial charge in [0.15, 0.2) is 0 Å². The van der Waals surface area contributed by atoms with Gasteiger partial charge in [-0.15, -0.1) is 0 Å². The first-order valence-electron chi connectivity index (χ1n) is 4.10. The Hall–Kier alpha value is -1.80. The van der Waals surface area contributed by atoms with E-state index in [0.717, 1.165) is 0 Å². The number of hydrogen-bond donors (Lipinski definition) is 2. The van der Waals surface area contributed by atoms with Gasteiger partial charge in [0.2, 0.25) is 5.91 Å². The Balaban J connectivity index is 2.79. The molecule has 0 unspecified atom stereocenters. The number of amides is 2. The van der Waals surface area contributed by atoms with Crippen LogP contribution >= 0.6 is 0 Å². The number of nitrogens with one attached hydrogen (secondary N) is 1. The van der Waals surface area contributed by atoms with Gasteiger partial charge in [0.05, 0.1) is 13.1 Å². The second-order valence-electron chi connectivity index (χ2n) is 3.14. The predicted molar refractivity (Wildman–Crippen MR) is 42.2 cm³/mol. The van der Waals surface area contributed by atoms with Crippen molar-refractivity contribution in [3.63, 3.8) is 0 Å². The highest BCUT2D eigenvalue weighted by Crippen LogP contribution is 2.19. The molecule has 1 atom stereocenters. The van der Waals surface area contributed by atoms with Crippen LogP contribution in [0, 0.1) is 0 Å². The SMILES string of the molecule is O=C1CN(C(=O)C(F)(F)F)C[C@H](C(=O)O)N1. The van der Waals surface area contributed by atoms with Gasteiger partial charge in [0.1, 0.15) is 6.04 Å². The summed E-state index contributed by atoms with van der Waals surface area (Å²) >= 11 is 0. The summed E-state index contributed by atoms with van der Waals surface area (Å²) < 4.78 is 36.1. The molecule has 0 aliphatic carbocycles. The monoisotopic (exact) mass is 240 g/mol. The topological polar surface area (TPSA) is 86.7 Å². The van der Waals surface area contributed by atoms with Gasteiger partial charge >= 0.3 is 18.1 Å². The molecule has 9 heteroatoms. The van der Waals surface area contributed by atoms with Crippen LogP contribution in [-0.2, 0) is 14.4 Å². The number of nitrogens with zero attached hydrogens (tertiary/aromatic N) is 1. The van der Waals surface area contributed by atoms with Crippen molar-refractivity contribution in [3.05, 3.63) is 0 Å². The maximum absolute atomic E-state index is 12.0. The quantitative estimate of drug-likeness (QED) is 0.613. The van der Waals surface area contributed by atoms with Crippen LogP contribution < -0.4 is 5.32 Å². The molecule has 0 aromatic carbocycles. The molecular weight excluding hydrogens is 233 g/mol. The van der Waals surface area contributed by atoms with Crippen LogP contribution in [0.2, 0.25) is 0 Å². The molecule has 0 bridgehead atoms. The van der Waals surface area contributed by atoms with E-state index in [2.05, 4.69) is 0 Å². The molecule has 1 aliphatic heterocycles. The Morgan fingerprint density at radius 2 is 2.00 bits per heavy atom. The van der Waals surface area contributed by atoms with Crippen molar-refractivity contribution < 1.29 is 32.7 Å². The second-order valence-corrected chi connectivity index (χ2v) is 3.14. The van der Waals surface area contributed by atoms with Crippen molar-refractivity contribution in [2.75, 3.05) is 13.1 Å². The summed E-state index contributed by atoms with van der Waals surface area (Å²) in [6, 6.07) is -1.51. The summed E-state index contributed by atoms with van der Waals surface area (Å²) in [7, 11) is 0. The van der Waals surface area contributed by atoms with Crippen LogP contribution in [0.5, 0.6) is 0 Å². The molecule has 1 rings (SSSR count). The lowest BCUT2D eigenvalue weighted by Gasteiger charge is -2.31. The number of carbonyl (C=O) groups excluding carboxylic acids is 2. The van der Waals surface area contributed by atoms with Gasteiger partial charge in [-0.3, -0.25) is 9.59 Å². The number of carboxylic acids is 1. The minimum Gasteiger partial charge on any atom is -0.480 e. The molecule has 16 heavy (non-hydrogen) atoms. The average molecular weight is 240 g/mol. The van der Waals surface area contributed by atoms with E-state index < -0.39 is 43.1 Å². The van der Waals surface area contributed by atoms with E-state index in [0.29, 0.717) is 0 Å². The molecule has 0 radical (unpaired) electrons. The second kappa shape index (κ2) is 3.99. The lowest BCUT2D eigenvalue weighted by molar-refractivity contribution is -0.187. The third kappa shape index (κ3) is 2.61. The zero-order valence-corrected chi connectivity index (χ0v) is 7.74. The Labute approximate surface area is 87.0 Å². The summed E-state index contributed by atoms with van der Waals surface area (Å²) in [6.45, 7) is -1.48. The average Bonchev–Trinajstić information content (AvgIpc) is 2.14. The number of alkyl halides is 3. The van der Waals surface area contributed by atoms with Crippen molar-refractivity contribution in [1.29, 1.82) is 0 Å². The Kier molecular flexibility index (Phi) is 3.06. The van der Waals surface area contributed by atoms with Gasteiger partial charge in [-0.25, -0.2) is 4.79 Å². The Bertz CT molecular complexity index is 341. The minimum absolute atomic E-state index is 0.164. The molecular formula is C7H7F3N2O4. The van der Waals surface area contributed by atoms with Crippen LogP contribution in [0.1, 0.15) is 0 Å². The molecule has 2 amide bonds. The molecule has 90 valence electrons. The molecule has 2 N–H and O–H groups in total. The normalized spacial score (nSPS) is 21.6. The smallest absolute Gasteiger partial charge is 0.471 e. The first-order chi connectivity index (χ1) is 7.21. The lowest BCUT2D eigenvalue weighted by atomic mass is 10.2. The van der Waals surface area contributed by atoms with Crippen LogP contribution in [0.25, 0.3) is 0 Å². The van der Waals surface area contributed by atoms with Crippen molar-refractivity contribution in [2.45, 2.75) is 12.2 Å². The molecule has 0 saturated carbocycles. The summed E-state index contributed by atoms with van der Waals surface area (Å²) in [5, 5.41) is 10.5. The number of carboxylic acid groups (broad SMARTS) is 1. The highest BCUT2D eigenvalue weighted by atomic mass is 19.4. The molecule has 1 heterocycles. The van der Waals surface area contributed by atoms with E-state index in [1.807, 2.05) is 5.32 Å². The maximum Gasteiger partial charge on any atom is 0.471 e. The number of piperazine rings is 1. The summed E-state index contributed by atoms with van der Waals surface area (Å²) in [4.78, 5) is 32.3. The summed E-state index contributed by atoms with van der Waals surface area (Å²) in [6.07, 6.45) is -5.11. The van der Waals surface area contributed by atoms with Gasteiger partial charge in [-0.05, 0) is 0 Å². The molecule has 0 aromatic heterocycles. The predicted octanol–water partition coefficient (Wildman–Crippen LogP) is -1.04. The molecule has 1 aliphatic rings. The van der Waals surface area contributed by atoms with Crippen molar-refractivity contribution in [3.8, 4) is 0 Å². The van der Waals surface area contributed by atoms with Crippen molar-refractivity contribution >= 4 is 17.8 Å². The highest BCUT2D eigenvalue weighted by Gasteiger charge is 2.45. The van der Waals surface area contributed by atoms with Gasteiger partial charge < -0.3 is 15.3 Å². The standard InChI is InChI=1S/C7H7F3N2O4/c8-7(9,10)6(16)12-1-3(5(14)15)11-4(13)2-12/h3H,1-2H2,(H,11,13)(H,14,15)/t3-/m1/s1. The van der Waals surface area contributed by atoms with E-state index in [9.17, 15) is 27.6 Å². The third-order valence-electron chi connectivity index (χ3n) is 1.90. The lowest BCUT2D eigenvalue weighted by Crippen LogP contribution is -2.60. The van der Waals surface area contributed by atoms with Crippen molar-refractivity contribution in [2.24, 2.45) is 0 Å². The van der Waals surface area contributed by atoms with E-state index in [1.165, 1.54) is 0 Å². The highest BCUT2D eigenvalue weighted by molar-refractivity contribution is 5.92. The van der Waals surface area contributed by atoms with E-state index in [-0.39, 0.29) is 4.90 Å². The van der Waals surface area contributed by atoms with E-state index in [1.54, 1.807) is 0 Å². The molecule has 0 aromatic rings. The Morgan fingerprint density at radius 1 is 1.44 bits per heavy atom. The maximum atomic E-state index is 12.0. The first kappa shape index (κ1) is 12.3. The van der Waals surface area contributed by atoms with Gasteiger partial charge in [0, 0.05) is 0 Å². The number of halogens is 3. The fourth-order valence-corrected chi connectivity index (χ4v) is 1.22. The van der Waals surface area contributed by atoms with Crippen LogP contribution in [0.3, 0.4) is 0 Å². The van der Waals surface area contributed by atoms with Crippen molar-refractivity contribution in [1.82, 2.24) is 10.2 Å². The van der Waals surface area contributed by atoms with E-state index >= 15 is 0 Å². The molecule has 0 spiro atoms. The van der Waals surface area contributed by atoms with Crippen LogP contribution in [-0.4, -0.2) is 53.1 Å². The third-order valence-corrected chi connectivity index (χ3v) is 1.90. The van der Waals surface area contributed by atoms with Crippen LogP contribution in [0.15, 0.2) is 0 Å². The molecule has 1 fully saturated rings. The number of aliphatic carboxylic acids is 1. The zero-order chi connectivity index (χ0) is 12.5. The first-order valence-corrected chi connectivity index (χ1v) is 4.10. The number of hydrogen-bond acceptors (Lipinski definition) is 3. The number of rotatable bonds is 1. The number of carbonyl (C=O) groups is 3.